The van der Waals surface area contributed by atoms with Crippen LogP contribution in [0.15, 0.2) is 132 Å². The number of hydrogen-bond acceptors (Lipinski definition) is 14. The van der Waals surface area contributed by atoms with Crippen molar-refractivity contribution >= 4 is 43.6 Å². The number of carbonyl (C=O) groups excluding carboxylic acids is 2. The quantitative estimate of drug-likeness (QED) is 0.0786. The number of aromatic nitrogens is 12. The molecule has 12 rings (SSSR count). The van der Waals surface area contributed by atoms with Crippen molar-refractivity contribution in [3.8, 4) is 11.4 Å². The summed E-state index contributed by atoms with van der Waals surface area (Å²) in [6.07, 6.45) is 7.66. The van der Waals surface area contributed by atoms with Crippen LogP contribution in [-0.4, -0.2) is 116 Å². The van der Waals surface area contributed by atoms with Gasteiger partial charge < -0.3 is 0 Å². The number of hydrogen-bond donors (Lipinski definition) is 0. The molecule has 4 atom stereocenters. The summed E-state index contributed by atoms with van der Waals surface area (Å²) in [4.78, 5) is 44.1. The number of alkyl halides is 3. The molecular weight excluding hydrogens is 1140 g/mol. The van der Waals surface area contributed by atoms with Gasteiger partial charge in [-0.2, -0.15) is 27.7 Å². The van der Waals surface area contributed by atoms with Crippen molar-refractivity contribution in [2.75, 3.05) is 12.3 Å². The van der Waals surface area contributed by atoms with Crippen molar-refractivity contribution in [1.29, 1.82) is 0 Å². The highest BCUT2D eigenvalue weighted by atomic mass is 32.2. The number of allylic oxidation sites excluding steroid dienone is 2. The second-order valence-electron chi connectivity index (χ2n) is 21.0. The van der Waals surface area contributed by atoms with Gasteiger partial charge in [-0.15, -0.1) is 10.2 Å². The number of benzene rings is 2. The zero-order chi connectivity index (χ0) is 58.8. The first kappa shape index (κ1) is 56.5. The molecule has 6 aromatic heterocycles. The van der Waals surface area contributed by atoms with E-state index in [0.29, 0.717) is 45.4 Å². The molecule has 430 valence electrons. The standard InChI is InChI=1S/C28H24F5N7O3S.C27H24F2N6O3S/c1-38-16-35-26(37-38)44(42,43)39(15-28(31,32)33)22-5-2-18-10-24-17(14-36-40(24)21-6-3-19(29)4-7-21)12-27(18,13-22)25(41)23-11-20(30)8-9-34-23;1-34-16-31-26(33-34)39(37,38)15-17-2-3-19-10-24-18(14-32-35(24)22-6-4-20(28)5-7-22)13-27(19,12-17)25(36)23-11-21(29)8-9-30-23/h3-4,6-11,14,16,22H,2,5,12-13,15H2,1H3;4-11,14,16-17H,2-3,12-13,15H2,1H3/t22-,27-;17-,27+/m00/s1. The minimum Gasteiger partial charge on any atom is -0.291 e. The van der Waals surface area contributed by atoms with E-state index in [2.05, 4.69) is 40.3 Å². The maximum absolute atomic E-state index is 14.3. The molecule has 0 amide bonds. The Bertz CT molecular complexity index is 4140. The lowest BCUT2D eigenvalue weighted by molar-refractivity contribution is -0.140. The molecule has 2 aromatic carbocycles. The Morgan fingerprint density at radius 1 is 0.627 bits per heavy atom. The van der Waals surface area contributed by atoms with Gasteiger partial charge in [0.05, 0.1) is 51.7 Å². The summed E-state index contributed by atoms with van der Waals surface area (Å²) in [5, 5.41) is 15.5. The molecule has 0 aliphatic heterocycles. The lowest BCUT2D eigenvalue weighted by Crippen LogP contribution is -2.53. The largest absolute Gasteiger partial charge is 0.402 e. The summed E-state index contributed by atoms with van der Waals surface area (Å²) in [5.74, 6) is -3.70. The van der Waals surface area contributed by atoms with Crippen LogP contribution >= 0.6 is 0 Å². The van der Waals surface area contributed by atoms with Gasteiger partial charge in [-0.25, -0.2) is 53.7 Å². The van der Waals surface area contributed by atoms with Crippen LogP contribution in [0.2, 0.25) is 0 Å². The molecule has 6 heterocycles. The molecule has 83 heavy (non-hydrogen) atoms. The Labute approximate surface area is 469 Å². The van der Waals surface area contributed by atoms with Crippen LogP contribution in [0.4, 0.5) is 30.7 Å². The van der Waals surface area contributed by atoms with Crippen molar-refractivity contribution in [2.24, 2.45) is 30.8 Å². The van der Waals surface area contributed by atoms with E-state index in [0.717, 1.165) is 52.2 Å². The summed E-state index contributed by atoms with van der Waals surface area (Å²) in [6.45, 7) is -1.83. The molecule has 2 fully saturated rings. The third-order valence-electron chi connectivity index (χ3n) is 15.5. The summed E-state index contributed by atoms with van der Waals surface area (Å²) in [7, 11) is -5.68. The maximum Gasteiger partial charge on any atom is 0.402 e. The van der Waals surface area contributed by atoms with E-state index >= 15 is 0 Å². The normalized spacial score (nSPS) is 20.5. The Kier molecular flexibility index (Phi) is 14.6. The molecule has 0 saturated heterocycles. The minimum atomic E-state index is -4.92. The van der Waals surface area contributed by atoms with Crippen LogP contribution in [0.1, 0.15) is 82.0 Å². The smallest absolute Gasteiger partial charge is 0.291 e. The Balaban J connectivity index is 0.000000175. The van der Waals surface area contributed by atoms with Gasteiger partial charge in [0.2, 0.25) is 9.84 Å². The molecule has 0 N–H and O–H groups in total. The first-order chi connectivity index (χ1) is 39.4. The first-order valence-corrected chi connectivity index (χ1v) is 28.9. The van der Waals surface area contributed by atoms with E-state index < -0.39 is 77.8 Å². The van der Waals surface area contributed by atoms with Crippen molar-refractivity contribution < 1.29 is 57.2 Å². The monoisotopic (exact) mass is 1180 g/mol. The van der Waals surface area contributed by atoms with E-state index in [1.54, 1.807) is 40.8 Å². The van der Waals surface area contributed by atoms with Gasteiger partial charge in [-0.1, -0.05) is 11.1 Å². The van der Waals surface area contributed by atoms with Crippen LogP contribution in [0.25, 0.3) is 23.5 Å². The maximum atomic E-state index is 14.3. The number of ketones is 2. The minimum absolute atomic E-state index is 0.00910. The van der Waals surface area contributed by atoms with E-state index in [4.69, 9.17) is 0 Å². The molecule has 8 aromatic rings. The van der Waals surface area contributed by atoms with Gasteiger partial charge in [-0.05, 0) is 141 Å². The number of sulfonamides is 1. The topological polar surface area (TPSA) is 228 Å². The molecule has 19 nitrogen and oxygen atoms in total. The van der Waals surface area contributed by atoms with E-state index in [9.17, 15) is 57.2 Å². The lowest BCUT2D eigenvalue weighted by atomic mass is 9.59. The molecule has 0 radical (unpaired) electrons. The first-order valence-electron chi connectivity index (χ1n) is 25.8. The third-order valence-corrected chi connectivity index (χ3v) is 18.8. The zero-order valence-corrected chi connectivity index (χ0v) is 45.6. The Morgan fingerprint density at radius 2 is 1.10 bits per heavy atom. The van der Waals surface area contributed by atoms with Gasteiger partial charge in [-0.3, -0.25) is 28.9 Å². The van der Waals surface area contributed by atoms with Gasteiger partial charge >= 0.3 is 6.18 Å². The van der Waals surface area contributed by atoms with Crippen molar-refractivity contribution in [3.05, 3.63) is 179 Å². The van der Waals surface area contributed by atoms with Gasteiger partial charge in [0, 0.05) is 44.7 Å². The van der Waals surface area contributed by atoms with Crippen molar-refractivity contribution in [2.45, 2.75) is 73.9 Å². The van der Waals surface area contributed by atoms with Crippen molar-refractivity contribution in [1.82, 2.24) is 63.4 Å². The second kappa shape index (κ2) is 21.4. The number of aryl methyl sites for hydroxylation is 2. The molecular formula is C55H48F7N13O6S2. The van der Waals surface area contributed by atoms with Crippen molar-refractivity contribution in [3.63, 3.8) is 0 Å². The Hall–Kier alpha value is -8.37. The van der Waals surface area contributed by atoms with E-state index in [-0.39, 0.29) is 78.3 Å². The number of pyridine rings is 2. The summed E-state index contributed by atoms with van der Waals surface area (Å²) >= 11 is 0. The predicted octanol–water partition coefficient (Wildman–Crippen LogP) is 8.05. The molecule has 0 unspecified atom stereocenters. The fraction of sp³-hybridized carbons (Fsp3) is 0.309. The van der Waals surface area contributed by atoms with Crippen LogP contribution in [-0.2, 0) is 46.8 Å². The van der Waals surface area contributed by atoms with Gasteiger partial charge in [0.1, 0.15) is 53.9 Å². The van der Waals surface area contributed by atoms with Gasteiger partial charge in [0.15, 0.2) is 11.6 Å². The molecule has 2 saturated carbocycles. The fourth-order valence-electron chi connectivity index (χ4n) is 11.8. The molecule has 0 spiro atoms. The average Bonchev–Trinajstić information content (AvgIpc) is 3.00. The highest BCUT2D eigenvalue weighted by Gasteiger charge is 2.54. The SMILES string of the molecule is Cn1cnc(S(=O)(=O)C[C@H]2CCC3=Cc4c(cnn4-c4ccc(F)cc4)C[C@]3(C(=O)c3cc(F)ccn3)C2)n1.Cn1cnc(S(=O)(=O)N(CC(F)(F)F)[C@H]2CCC3=Cc4c(cnn4-c4ccc(F)cc4)C[C@]3(C(=O)c3cc(F)ccn3)C2)n1. The van der Waals surface area contributed by atoms with E-state index in [1.807, 2.05) is 6.08 Å². The molecule has 4 aliphatic carbocycles. The third kappa shape index (κ3) is 11.0. The zero-order valence-electron chi connectivity index (χ0n) is 44.0. The lowest BCUT2D eigenvalue weighted by Gasteiger charge is -2.46. The summed E-state index contributed by atoms with van der Waals surface area (Å²) in [6, 6.07) is 14.5. The number of Topliss-reactive ketones (excluding diaryl/α,β-unsaturated/α-hetero) is 2. The second-order valence-corrected chi connectivity index (χ2v) is 24.7. The number of nitrogens with zero attached hydrogens (tertiary/aromatic N) is 13. The van der Waals surface area contributed by atoms with Crippen LogP contribution < -0.4 is 0 Å². The molecule has 28 heteroatoms. The van der Waals surface area contributed by atoms with Crippen LogP contribution in [0.3, 0.4) is 0 Å². The van der Waals surface area contributed by atoms with E-state index in [1.165, 1.54) is 72.9 Å². The van der Waals surface area contributed by atoms with Crippen LogP contribution in [0, 0.1) is 40.0 Å². The molecule has 4 aliphatic rings. The fourth-order valence-corrected chi connectivity index (χ4v) is 14.8. The highest BCUT2D eigenvalue weighted by Crippen LogP contribution is 2.54. The number of carbonyl (C=O) groups is 2. The molecule has 0 bridgehead atoms. The number of sulfone groups is 1. The number of halogens is 7. The Morgan fingerprint density at radius 3 is 1.55 bits per heavy atom. The summed E-state index contributed by atoms with van der Waals surface area (Å²) < 4.78 is 156. The highest BCUT2D eigenvalue weighted by molar-refractivity contribution is 7.91. The average molecular weight is 1180 g/mol. The van der Waals surface area contributed by atoms with Crippen LogP contribution in [0.5, 0.6) is 0 Å². The number of rotatable bonds is 13. The predicted molar refractivity (Wildman–Crippen MR) is 281 cm³/mol. The summed E-state index contributed by atoms with van der Waals surface area (Å²) in [5.41, 5.74) is 2.28. The number of fused-ring (bicyclic) bond motifs is 4. The van der Waals surface area contributed by atoms with Gasteiger partial charge in [0.25, 0.3) is 20.3 Å².